The third-order valence-corrected chi connectivity index (χ3v) is 4.55. The second kappa shape index (κ2) is 7.29. The lowest BCUT2D eigenvalue weighted by Gasteiger charge is -2.37. The van der Waals surface area contributed by atoms with E-state index in [2.05, 4.69) is 4.99 Å². The Morgan fingerprint density at radius 2 is 1.96 bits per heavy atom. The highest BCUT2D eigenvalue weighted by Crippen LogP contribution is 2.32. The molecule has 7 N–H and O–H groups in total. The summed E-state index contributed by atoms with van der Waals surface area (Å²) in [5.74, 6) is 0. The summed E-state index contributed by atoms with van der Waals surface area (Å²) in [4.78, 5) is 6.52. The molecule has 1 aliphatic rings. The molecule has 0 radical (unpaired) electrons. The van der Waals surface area contributed by atoms with E-state index < -0.39 is 6.29 Å². The van der Waals surface area contributed by atoms with Gasteiger partial charge in [0.2, 0.25) is 0 Å². The van der Waals surface area contributed by atoms with Gasteiger partial charge in [0.05, 0.1) is 17.6 Å². The molecule has 2 aromatic rings. The maximum absolute atomic E-state index is 7.55. The van der Waals surface area contributed by atoms with E-state index in [-0.39, 0.29) is 6.17 Å². The summed E-state index contributed by atoms with van der Waals surface area (Å²) < 4.78 is 0. The number of nitrogens with zero attached hydrogens (tertiary/aromatic N) is 2. The Kier molecular flexibility index (Phi) is 5.08. The summed E-state index contributed by atoms with van der Waals surface area (Å²) in [6.07, 6.45) is 1.73. The molecule has 0 bridgehead atoms. The Hall–Kier alpha value is -2.67. The minimum Gasteiger partial charge on any atom is -0.404 e. The largest absolute Gasteiger partial charge is 0.404 e. The van der Waals surface area contributed by atoms with Gasteiger partial charge in [0.25, 0.3) is 0 Å². The Bertz CT molecular complexity index is 885. The van der Waals surface area contributed by atoms with Gasteiger partial charge in [-0.2, -0.15) is 0 Å². The van der Waals surface area contributed by atoms with Gasteiger partial charge in [-0.3, -0.25) is 5.73 Å². The van der Waals surface area contributed by atoms with E-state index in [9.17, 15) is 0 Å². The van der Waals surface area contributed by atoms with Crippen LogP contribution in [0.4, 0.5) is 5.69 Å². The minimum absolute atomic E-state index is 0.308. The summed E-state index contributed by atoms with van der Waals surface area (Å²) in [5.41, 5.74) is 22.9. The number of hydrogen-bond acceptors (Lipinski definition) is 6. The highest BCUT2D eigenvalue weighted by molar-refractivity contribution is 6.30. The molecule has 0 saturated heterocycles. The van der Waals surface area contributed by atoms with E-state index >= 15 is 0 Å². The molecule has 0 spiro atoms. The van der Waals surface area contributed by atoms with E-state index in [1.54, 1.807) is 0 Å². The van der Waals surface area contributed by atoms with E-state index in [4.69, 9.17) is 34.2 Å². The van der Waals surface area contributed by atoms with Gasteiger partial charge in [-0.25, -0.2) is 4.99 Å². The van der Waals surface area contributed by atoms with Crippen molar-refractivity contribution < 1.29 is 0 Å². The molecule has 134 valence electrons. The van der Waals surface area contributed by atoms with Crippen molar-refractivity contribution in [1.29, 1.82) is 5.41 Å². The van der Waals surface area contributed by atoms with Crippen LogP contribution < -0.4 is 22.1 Å². The number of aliphatic imine (C=N–C) groups is 1. The van der Waals surface area contributed by atoms with Crippen LogP contribution in [0.2, 0.25) is 5.02 Å². The molecule has 0 aromatic heterocycles. The fourth-order valence-electron chi connectivity index (χ4n) is 3.06. The topological polar surface area (TPSA) is 118 Å². The molecule has 1 heterocycles. The van der Waals surface area contributed by atoms with Gasteiger partial charge in [0, 0.05) is 34.1 Å². The van der Waals surface area contributed by atoms with Gasteiger partial charge >= 0.3 is 0 Å². The van der Waals surface area contributed by atoms with E-state index in [1.807, 2.05) is 54.3 Å². The average molecular weight is 369 g/mol. The van der Waals surface area contributed by atoms with Crippen LogP contribution in [0, 0.1) is 5.41 Å². The van der Waals surface area contributed by atoms with Gasteiger partial charge in [-0.05, 0) is 36.8 Å². The average Bonchev–Trinajstić information content (AvgIpc) is 2.62. The lowest BCUT2D eigenvalue weighted by molar-refractivity contribution is 0.554. The maximum Gasteiger partial charge on any atom is 0.175 e. The second-order valence-electron chi connectivity index (χ2n) is 6.04. The van der Waals surface area contributed by atoms with Crippen molar-refractivity contribution in [2.45, 2.75) is 19.4 Å². The van der Waals surface area contributed by atoms with Gasteiger partial charge in [-0.15, -0.1) is 0 Å². The minimum atomic E-state index is -0.591. The van der Waals surface area contributed by atoms with Crippen LogP contribution in [-0.4, -0.2) is 24.4 Å². The molecule has 2 atom stereocenters. The van der Waals surface area contributed by atoms with Crippen molar-refractivity contribution in [1.82, 2.24) is 0 Å². The number of nitrogens with two attached hydrogens (primary N) is 3. The first-order chi connectivity index (χ1) is 12.5. The molecule has 0 aliphatic carbocycles. The lowest BCUT2D eigenvalue weighted by Crippen LogP contribution is -2.53. The van der Waals surface area contributed by atoms with Crippen molar-refractivity contribution in [2.75, 3.05) is 4.90 Å². The van der Waals surface area contributed by atoms with Gasteiger partial charge in [-0.1, -0.05) is 29.8 Å². The van der Waals surface area contributed by atoms with Crippen LogP contribution in [0.3, 0.4) is 0 Å². The number of rotatable bonds is 4. The molecule has 26 heavy (non-hydrogen) atoms. The highest BCUT2D eigenvalue weighted by atomic mass is 35.5. The van der Waals surface area contributed by atoms with Crippen LogP contribution in [0.5, 0.6) is 0 Å². The number of allylic oxidation sites excluding steroid dienone is 1. The van der Waals surface area contributed by atoms with Crippen molar-refractivity contribution in [2.24, 2.45) is 22.2 Å². The van der Waals surface area contributed by atoms with E-state index in [0.29, 0.717) is 10.6 Å². The predicted octanol–water partition coefficient (Wildman–Crippen LogP) is 2.49. The first-order valence-electron chi connectivity index (χ1n) is 8.16. The summed E-state index contributed by atoms with van der Waals surface area (Å²) >= 11 is 6.01. The molecule has 2 aromatic carbocycles. The molecule has 3 rings (SSSR count). The van der Waals surface area contributed by atoms with Crippen molar-refractivity contribution in [3.63, 3.8) is 0 Å². The Labute approximate surface area is 157 Å². The summed E-state index contributed by atoms with van der Waals surface area (Å²) in [6, 6.07) is 13.2. The molecule has 1 aliphatic heterocycles. The van der Waals surface area contributed by atoms with E-state index in [0.717, 1.165) is 28.1 Å². The molecule has 6 nitrogen and oxygen atoms in total. The molecule has 7 heteroatoms. The molecule has 0 saturated carbocycles. The fourth-order valence-corrected chi connectivity index (χ4v) is 3.19. The third kappa shape index (κ3) is 3.22. The van der Waals surface area contributed by atoms with Crippen molar-refractivity contribution in [3.05, 3.63) is 70.4 Å². The van der Waals surface area contributed by atoms with Gasteiger partial charge in [0.1, 0.15) is 0 Å². The number of nitrogens with one attached hydrogen (secondary N) is 1. The maximum atomic E-state index is 7.55. The monoisotopic (exact) mass is 368 g/mol. The zero-order valence-electron chi connectivity index (χ0n) is 14.4. The zero-order chi connectivity index (χ0) is 18.8. The normalized spacial score (nSPS) is 18.2. The van der Waals surface area contributed by atoms with Crippen LogP contribution in [0.25, 0.3) is 5.57 Å². The Morgan fingerprint density at radius 3 is 2.54 bits per heavy atom. The zero-order valence-corrected chi connectivity index (χ0v) is 15.1. The third-order valence-electron chi connectivity index (χ3n) is 4.30. The number of fused-ring (bicyclic) bond motifs is 1. The lowest BCUT2D eigenvalue weighted by atomic mass is 9.94. The fraction of sp³-hybridized carbons (Fsp3) is 0.158. The molecule has 0 amide bonds. The molecular weight excluding hydrogens is 348 g/mol. The second-order valence-corrected chi connectivity index (χ2v) is 6.48. The summed E-state index contributed by atoms with van der Waals surface area (Å²) in [7, 11) is 0. The van der Waals surface area contributed by atoms with Crippen LogP contribution >= 0.6 is 11.6 Å². The molecule has 2 unspecified atom stereocenters. The number of hydrogen-bond donors (Lipinski definition) is 4. The van der Waals surface area contributed by atoms with Gasteiger partial charge in [0.15, 0.2) is 6.29 Å². The molecular formula is C19H21ClN6. The standard InChI is InChI=1S/C19H21ClN6/c1-11(23)26-17-7-4-13(14(9-21)10-22)8-16(17)18(25-19(26)24)12-2-5-15(20)6-3-12/h2-11,19,21H,22-24H2,1H3/b14-10+,21-9?. The van der Waals surface area contributed by atoms with Crippen molar-refractivity contribution >= 4 is 34.8 Å². The van der Waals surface area contributed by atoms with Crippen molar-refractivity contribution in [3.8, 4) is 0 Å². The highest BCUT2D eigenvalue weighted by Gasteiger charge is 2.28. The first kappa shape index (κ1) is 18.1. The van der Waals surface area contributed by atoms with Crippen LogP contribution in [0.15, 0.2) is 53.7 Å². The van der Waals surface area contributed by atoms with E-state index in [1.165, 1.54) is 12.4 Å². The molecule has 0 fully saturated rings. The predicted molar refractivity (Wildman–Crippen MR) is 109 cm³/mol. The van der Waals surface area contributed by atoms with Crippen LogP contribution in [0.1, 0.15) is 23.6 Å². The first-order valence-corrected chi connectivity index (χ1v) is 8.54. The summed E-state index contributed by atoms with van der Waals surface area (Å²) in [5, 5.41) is 8.20. The number of anilines is 1. The summed E-state index contributed by atoms with van der Waals surface area (Å²) in [6.45, 7) is 1.86. The number of benzene rings is 2. The smallest absolute Gasteiger partial charge is 0.175 e. The SMILES string of the molecule is CC(N)N1c2ccc(/C(C=N)=C/N)cc2C(c2ccc(Cl)cc2)=NC1N. The Morgan fingerprint density at radius 1 is 1.27 bits per heavy atom. The van der Waals surface area contributed by atoms with Crippen LogP contribution in [-0.2, 0) is 0 Å². The quantitative estimate of drug-likeness (QED) is 0.620. The number of halogens is 1. The Balaban J connectivity index is 2.22. The van der Waals surface area contributed by atoms with Gasteiger partial charge < -0.3 is 21.8 Å².